The molecule has 0 aliphatic carbocycles. The van der Waals surface area contributed by atoms with Gasteiger partial charge in [0.25, 0.3) is 0 Å². The molecule has 0 aromatic carbocycles. The summed E-state index contributed by atoms with van der Waals surface area (Å²) in [7, 11) is 0. The number of amides is 1. The normalized spacial score (nSPS) is 24.2. The van der Waals surface area contributed by atoms with Crippen LogP contribution in [0.25, 0.3) is 0 Å². The molecule has 0 bridgehead atoms. The van der Waals surface area contributed by atoms with Gasteiger partial charge in [-0.2, -0.15) is 0 Å². The highest BCUT2D eigenvalue weighted by atomic mass is 16.1. The maximum atomic E-state index is 11.1. The van der Waals surface area contributed by atoms with Gasteiger partial charge in [0.15, 0.2) is 0 Å². The molecule has 1 fully saturated rings. The molecular weight excluding hydrogens is 202 g/mol. The highest BCUT2D eigenvalue weighted by Gasteiger charge is 2.24. The monoisotopic (exact) mass is 227 g/mol. The fourth-order valence-corrected chi connectivity index (χ4v) is 2.28. The standard InChI is InChI=1S/C12H25N3O/c1-3-14-8-11-6-4-5-7-15(11)9-10(2)12(13)16/h10-11,14H,3-9H2,1-2H3,(H2,13,16). The fraction of sp³-hybridized carbons (Fsp3) is 0.917. The molecule has 0 radical (unpaired) electrons. The third-order valence-electron chi connectivity index (χ3n) is 3.37. The number of hydrogen-bond donors (Lipinski definition) is 2. The lowest BCUT2D eigenvalue weighted by Gasteiger charge is -2.37. The Balaban J connectivity index is 2.43. The Bertz CT molecular complexity index is 220. The first kappa shape index (κ1) is 13.5. The van der Waals surface area contributed by atoms with E-state index in [1.807, 2.05) is 6.92 Å². The molecule has 2 atom stereocenters. The number of nitrogens with one attached hydrogen (secondary N) is 1. The zero-order chi connectivity index (χ0) is 12.0. The maximum absolute atomic E-state index is 11.1. The van der Waals surface area contributed by atoms with Gasteiger partial charge in [-0.3, -0.25) is 9.69 Å². The van der Waals surface area contributed by atoms with E-state index in [2.05, 4.69) is 17.1 Å². The van der Waals surface area contributed by atoms with Crippen LogP contribution in [0.4, 0.5) is 0 Å². The van der Waals surface area contributed by atoms with E-state index < -0.39 is 0 Å². The molecule has 1 rings (SSSR count). The van der Waals surface area contributed by atoms with Crippen molar-refractivity contribution < 1.29 is 4.79 Å². The fourth-order valence-electron chi connectivity index (χ4n) is 2.28. The van der Waals surface area contributed by atoms with Crippen LogP contribution in [0.2, 0.25) is 0 Å². The molecule has 94 valence electrons. The topological polar surface area (TPSA) is 58.4 Å². The Kier molecular flexibility index (Phi) is 5.77. The highest BCUT2D eigenvalue weighted by molar-refractivity contribution is 5.76. The van der Waals surface area contributed by atoms with Crippen LogP contribution in [0.15, 0.2) is 0 Å². The van der Waals surface area contributed by atoms with Crippen molar-refractivity contribution in [3.8, 4) is 0 Å². The van der Waals surface area contributed by atoms with Crippen LogP contribution in [-0.2, 0) is 4.79 Å². The predicted octanol–water partition coefficient (Wildman–Crippen LogP) is 0.572. The van der Waals surface area contributed by atoms with E-state index in [0.717, 1.165) is 26.2 Å². The van der Waals surface area contributed by atoms with Crippen LogP contribution in [-0.4, -0.2) is 43.0 Å². The molecule has 0 spiro atoms. The van der Waals surface area contributed by atoms with Gasteiger partial charge in [0.1, 0.15) is 0 Å². The van der Waals surface area contributed by atoms with Gasteiger partial charge in [0.05, 0.1) is 0 Å². The molecule has 0 aromatic rings. The third kappa shape index (κ3) is 4.10. The largest absolute Gasteiger partial charge is 0.369 e. The molecule has 2 unspecified atom stereocenters. The molecule has 1 aliphatic rings. The summed E-state index contributed by atoms with van der Waals surface area (Å²) in [6, 6.07) is 0.579. The second-order valence-corrected chi connectivity index (χ2v) is 4.76. The Hall–Kier alpha value is -0.610. The molecule has 16 heavy (non-hydrogen) atoms. The van der Waals surface area contributed by atoms with Crippen molar-refractivity contribution in [3.05, 3.63) is 0 Å². The molecule has 4 nitrogen and oxygen atoms in total. The Labute approximate surface area is 98.6 Å². The van der Waals surface area contributed by atoms with E-state index >= 15 is 0 Å². The van der Waals surface area contributed by atoms with Crippen LogP contribution in [0.5, 0.6) is 0 Å². The summed E-state index contributed by atoms with van der Waals surface area (Å²) in [5.41, 5.74) is 5.32. The lowest BCUT2D eigenvalue weighted by atomic mass is 10.00. The summed E-state index contributed by atoms with van der Waals surface area (Å²) in [4.78, 5) is 13.5. The van der Waals surface area contributed by atoms with Crippen molar-refractivity contribution in [2.24, 2.45) is 11.7 Å². The summed E-state index contributed by atoms with van der Waals surface area (Å²) in [5.74, 6) is -0.227. The number of hydrogen-bond acceptors (Lipinski definition) is 3. The van der Waals surface area contributed by atoms with Crippen LogP contribution >= 0.6 is 0 Å². The number of carbonyl (C=O) groups excluding carboxylic acids is 1. The lowest BCUT2D eigenvalue weighted by molar-refractivity contribution is -0.122. The summed E-state index contributed by atoms with van der Waals surface area (Å²) in [6.07, 6.45) is 3.78. The molecule has 1 saturated heterocycles. The van der Waals surface area contributed by atoms with Gasteiger partial charge < -0.3 is 11.1 Å². The lowest BCUT2D eigenvalue weighted by Crippen LogP contribution is -2.48. The number of primary amides is 1. The number of likely N-dealkylation sites (N-methyl/N-ethyl adjacent to an activating group) is 1. The van der Waals surface area contributed by atoms with E-state index in [0.29, 0.717) is 6.04 Å². The third-order valence-corrected chi connectivity index (χ3v) is 3.37. The second-order valence-electron chi connectivity index (χ2n) is 4.76. The van der Waals surface area contributed by atoms with Crippen LogP contribution in [0, 0.1) is 5.92 Å². The molecule has 0 saturated carbocycles. The average Bonchev–Trinajstić information content (AvgIpc) is 2.27. The number of rotatable bonds is 6. The van der Waals surface area contributed by atoms with Crippen molar-refractivity contribution >= 4 is 5.91 Å². The van der Waals surface area contributed by atoms with E-state index in [1.165, 1.54) is 19.3 Å². The molecule has 1 heterocycles. The smallest absolute Gasteiger partial charge is 0.221 e. The molecule has 3 N–H and O–H groups in total. The summed E-state index contributed by atoms with van der Waals surface area (Å²) < 4.78 is 0. The first-order chi connectivity index (χ1) is 7.65. The predicted molar refractivity (Wildman–Crippen MR) is 66.1 cm³/mol. The van der Waals surface area contributed by atoms with Crippen LogP contribution < -0.4 is 11.1 Å². The van der Waals surface area contributed by atoms with Crippen molar-refractivity contribution in [2.45, 2.75) is 39.2 Å². The van der Waals surface area contributed by atoms with Gasteiger partial charge in [-0.25, -0.2) is 0 Å². The van der Waals surface area contributed by atoms with Crippen molar-refractivity contribution in [1.82, 2.24) is 10.2 Å². The number of carbonyl (C=O) groups is 1. The zero-order valence-electron chi connectivity index (χ0n) is 10.5. The first-order valence-corrected chi connectivity index (χ1v) is 6.39. The Morgan fingerprint density at radius 2 is 2.31 bits per heavy atom. The van der Waals surface area contributed by atoms with E-state index in [-0.39, 0.29) is 11.8 Å². The first-order valence-electron chi connectivity index (χ1n) is 6.39. The molecular formula is C12H25N3O. The molecule has 0 aromatic heterocycles. The minimum Gasteiger partial charge on any atom is -0.369 e. The van der Waals surface area contributed by atoms with Gasteiger partial charge in [-0.05, 0) is 25.9 Å². The average molecular weight is 227 g/mol. The van der Waals surface area contributed by atoms with Gasteiger partial charge in [-0.1, -0.05) is 20.3 Å². The highest BCUT2D eigenvalue weighted by Crippen LogP contribution is 2.17. The van der Waals surface area contributed by atoms with Crippen LogP contribution in [0.1, 0.15) is 33.1 Å². The SMILES string of the molecule is CCNCC1CCCCN1CC(C)C(N)=O. The number of likely N-dealkylation sites (tertiary alicyclic amines) is 1. The summed E-state index contributed by atoms with van der Waals surface area (Å²) in [5, 5.41) is 3.39. The number of nitrogens with zero attached hydrogens (tertiary/aromatic N) is 1. The van der Waals surface area contributed by atoms with E-state index in [9.17, 15) is 4.79 Å². The zero-order valence-corrected chi connectivity index (χ0v) is 10.5. The summed E-state index contributed by atoms with van der Waals surface area (Å²) >= 11 is 0. The molecule has 4 heteroatoms. The molecule has 1 aliphatic heterocycles. The van der Waals surface area contributed by atoms with Gasteiger partial charge in [0.2, 0.25) is 5.91 Å². The van der Waals surface area contributed by atoms with Gasteiger partial charge >= 0.3 is 0 Å². The van der Waals surface area contributed by atoms with Crippen molar-refractivity contribution in [2.75, 3.05) is 26.2 Å². The quantitative estimate of drug-likeness (QED) is 0.697. The van der Waals surface area contributed by atoms with E-state index in [4.69, 9.17) is 5.73 Å². The van der Waals surface area contributed by atoms with Crippen molar-refractivity contribution in [3.63, 3.8) is 0 Å². The van der Waals surface area contributed by atoms with Gasteiger partial charge in [0, 0.05) is 25.0 Å². The van der Waals surface area contributed by atoms with Gasteiger partial charge in [-0.15, -0.1) is 0 Å². The minimum atomic E-state index is -0.187. The Morgan fingerprint density at radius 3 is 2.94 bits per heavy atom. The summed E-state index contributed by atoms with van der Waals surface area (Å²) in [6.45, 7) is 8.00. The maximum Gasteiger partial charge on any atom is 0.221 e. The minimum absolute atomic E-state index is 0.0396. The van der Waals surface area contributed by atoms with E-state index in [1.54, 1.807) is 0 Å². The van der Waals surface area contributed by atoms with Crippen LogP contribution in [0.3, 0.4) is 0 Å². The van der Waals surface area contributed by atoms with Crippen molar-refractivity contribution in [1.29, 1.82) is 0 Å². The Morgan fingerprint density at radius 1 is 1.56 bits per heavy atom. The molecule has 1 amide bonds. The number of nitrogens with two attached hydrogens (primary N) is 1. The second kappa shape index (κ2) is 6.86. The number of piperidine rings is 1.